The number of aryl methyl sites for hydroxylation is 1. The maximum absolute atomic E-state index is 12.2. The molecule has 0 saturated carbocycles. The van der Waals surface area contributed by atoms with E-state index in [4.69, 9.17) is 4.74 Å². The topological polar surface area (TPSA) is 103 Å². The molecule has 1 amide bonds. The quantitative estimate of drug-likeness (QED) is 0.588. The van der Waals surface area contributed by atoms with Crippen LogP contribution < -0.4 is 5.32 Å². The minimum absolute atomic E-state index is 0.0359. The van der Waals surface area contributed by atoms with Crippen LogP contribution in [0.5, 0.6) is 0 Å². The molecular formula is C18H23N5O4. The van der Waals surface area contributed by atoms with Gasteiger partial charge in [0.15, 0.2) is 0 Å². The third-order valence-electron chi connectivity index (χ3n) is 4.55. The summed E-state index contributed by atoms with van der Waals surface area (Å²) in [6.07, 6.45) is 1.40. The van der Waals surface area contributed by atoms with Crippen LogP contribution in [0.3, 0.4) is 0 Å². The summed E-state index contributed by atoms with van der Waals surface area (Å²) >= 11 is 0. The van der Waals surface area contributed by atoms with E-state index in [1.807, 2.05) is 24.3 Å². The number of anilines is 1. The first-order valence-electron chi connectivity index (χ1n) is 8.88. The van der Waals surface area contributed by atoms with Gasteiger partial charge in [-0.25, -0.2) is 0 Å². The van der Waals surface area contributed by atoms with Gasteiger partial charge in [-0.2, -0.15) is 5.10 Å². The maximum Gasteiger partial charge on any atom is 0.309 e. The van der Waals surface area contributed by atoms with Crippen LogP contribution in [0.2, 0.25) is 0 Å². The summed E-state index contributed by atoms with van der Waals surface area (Å²) in [4.78, 5) is 24.9. The molecule has 0 bridgehead atoms. The van der Waals surface area contributed by atoms with E-state index in [0.29, 0.717) is 12.2 Å². The highest BCUT2D eigenvalue weighted by atomic mass is 16.6. The van der Waals surface area contributed by atoms with Crippen molar-refractivity contribution in [3.8, 4) is 0 Å². The van der Waals surface area contributed by atoms with Gasteiger partial charge in [-0.1, -0.05) is 12.1 Å². The van der Waals surface area contributed by atoms with Crippen LogP contribution in [-0.4, -0.2) is 51.8 Å². The number of morpholine rings is 1. The number of nitrogens with one attached hydrogen (secondary N) is 1. The van der Waals surface area contributed by atoms with Gasteiger partial charge in [0.1, 0.15) is 11.9 Å². The highest BCUT2D eigenvalue weighted by Gasteiger charge is 2.17. The minimum Gasteiger partial charge on any atom is -0.379 e. The van der Waals surface area contributed by atoms with E-state index >= 15 is 0 Å². The van der Waals surface area contributed by atoms with Crippen molar-refractivity contribution in [3.05, 3.63) is 51.8 Å². The highest BCUT2D eigenvalue weighted by molar-refractivity contribution is 5.90. The van der Waals surface area contributed by atoms with Gasteiger partial charge in [-0.05, 0) is 24.6 Å². The van der Waals surface area contributed by atoms with Crippen molar-refractivity contribution in [2.75, 3.05) is 31.6 Å². The third-order valence-corrected chi connectivity index (χ3v) is 4.55. The van der Waals surface area contributed by atoms with E-state index in [0.717, 1.165) is 44.1 Å². The first kappa shape index (κ1) is 19.0. The van der Waals surface area contributed by atoms with Crippen molar-refractivity contribution in [1.82, 2.24) is 14.7 Å². The maximum atomic E-state index is 12.2. The smallest absolute Gasteiger partial charge is 0.309 e. The van der Waals surface area contributed by atoms with Crippen LogP contribution in [-0.2, 0) is 22.6 Å². The molecule has 144 valence electrons. The van der Waals surface area contributed by atoms with Crippen molar-refractivity contribution in [1.29, 1.82) is 0 Å². The molecule has 0 unspecified atom stereocenters. The largest absolute Gasteiger partial charge is 0.379 e. The monoisotopic (exact) mass is 373 g/mol. The average molecular weight is 373 g/mol. The molecule has 0 aliphatic carbocycles. The Kier molecular flexibility index (Phi) is 6.15. The van der Waals surface area contributed by atoms with Crippen molar-refractivity contribution in [3.63, 3.8) is 0 Å². The van der Waals surface area contributed by atoms with Crippen LogP contribution in [0.25, 0.3) is 0 Å². The molecule has 2 heterocycles. The second-order valence-corrected chi connectivity index (χ2v) is 6.48. The normalized spacial score (nSPS) is 14.9. The summed E-state index contributed by atoms with van der Waals surface area (Å²) in [6.45, 7) is 6.06. The number of amides is 1. The summed E-state index contributed by atoms with van der Waals surface area (Å²) in [5, 5.41) is 17.7. The zero-order valence-electron chi connectivity index (χ0n) is 15.3. The summed E-state index contributed by atoms with van der Waals surface area (Å²) < 4.78 is 6.84. The number of benzene rings is 1. The van der Waals surface area contributed by atoms with Crippen molar-refractivity contribution in [2.45, 2.75) is 26.4 Å². The molecule has 1 saturated heterocycles. The lowest BCUT2D eigenvalue weighted by molar-refractivity contribution is -0.385. The van der Waals surface area contributed by atoms with Crippen molar-refractivity contribution >= 4 is 17.3 Å². The molecule has 0 radical (unpaired) electrons. The number of carbonyl (C=O) groups is 1. The number of hydrogen-bond acceptors (Lipinski definition) is 6. The van der Waals surface area contributed by atoms with Crippen LogP contribution in [0.1, 0.15) is 17.7 Å². The molecule has 9 heteroatoms. The molecule has 1 aliphatic heterocycles. The average Bonchev–Trinajstić information content (AvgIpc) is 3.02. The molecule has 3 rings (SSSR count). The molecule has 0 spiro atoms. The van der Waals surface area contributed by atoms with Gasteiger partial charge in [0, 0.05) is 31.7 Å². The Hall–Kier alpha value is -2.78. The fourth-order valence-corrected chi connectivity index (χ4v) is 3.04. The molecule has 2 aromatic rings. The predicted octanol–water partition coefficient (Wildman–Crippen LogP) is 1.96. The molecule has 1 fully saturated rings. The Morgan fingerprint density at radius 2 is 2.15 bits per heavy atom. The van der Waals surface area contributed by atoms with Crippen LogP contribution >= 0.6 is 0 Å². The third kappa shape index (κ3) is 5.11. The Labute approximate surface area is 157 Å². The summed E-state index contributed by atoms with van der Waals surface area (Å²) in [6, 6.07) is 7.78. The van der Waals surface area contributed by atoms with Gasteiger partial charge in [0.2, 0.25) is 5.91 Å². The molecule has 1 aromatic carbocycles. The van der Waals surface area contributed by atoms with Crippen LogP contribution in [0.4, 0.5) is 11.4 Å². The standard InChI is InChI=1S/C18H23N5O4/c1-14-17(23(25)26)12-19-22(14)6-5-18(24)20-16-4-2-3-15(11-16)13-21-7-9-27-10-8-21/h2-4,11-12H,5-10,13H2,1H3,(H,20,24). The number of hydrogen-bond donors (Lipinski definition) is 1. The predicted molar refractivity (Wildman–Crippen MR) is 99.4 cm³/mol. The Balaban J connectivity index is 1.53. The van der Waals surface area contributed by atoms with Gasteiger partial charge >= 0.3 is 5.69 Å². The second-order valence-electron chi connectivity index (χ2n) is 6.48. The van der Waals surface area contributed by atoms with Gasteiger partial charge in [-0.15, -0.1) is 0 Å². The lowest BCUT2D eigenvalue weighted by atomic mass is 10.1. The van der Waals surface area contributed by atoms with E-state index in [1.54, 1.807) is 6.92 Å². The first-order chi connectivity index (χ1) is 13.0. The van der Waals surface area contributed by atoms with Gasteiger partial charge < -0.3 is 10.1 Å². The van der Waals surface area contributed by atoms with Crippen LogP contribution in [0, 0.1) is 17.0 Å². The van der Waals surface area contributed by atoms with Crippen molar-refractivity contribution in [2.24, 2.45) is 0 Å². The molecule has 0 atom stereocenters. The van der Waals surface area contributed by atoms with E-state index < -0.39 is 4.92 Å². The van der Waals surface area contributed by atoms with Gasteiger partial charge in [-0.3, -0.25) is 24.5 Å². The fourth-order valence-electron chi connectivity index (χ4n) is 3.04. The zero-order chi connectivity index (χ0) is 19.2. The Bertz CT molecular complexity index is 814. The summed E-state index contributed by atoms with van der Waals surface area (Å²) in [7, 11) is 0. The summed E-state index contributed by atoms with van der Waals surface area (Å²) in [5.74, 6) is -0.156. The zero-order valence-corrected chi connectivity index (χ0v) is 15.3. The molecule has 1 N–H and O–H groups in total. The number of aromatic nitrogens is 2. The minimum atomic E-state index is -0.473. The molecule has 9 nitrogen and oxygen atoms in total. The summed E-state index contributed by atoms with van der Waals surface area (Å²) in [5.41, 5.74) is 2.29. The molecule has 1 aromatic heterocycles. The lowest BCUT2D eigenvalue weighted by Crippen LogP contribution is -2.35. The SMILES string of the molecule is Cc1c([N+](=O)[O-])cnn1CCC(=O)Nc1cccc(CN2CCOCC2)c1. The molecule has 27 heavy (non-hydrogen) atoms. The number of carbonyl (C=O) groups excluding carboxylic acids is 1. The van der Waals surface area contributed by atoms with E-state index in [-0.39, 0.29) is 18.0 Å². The Morgan fingerprint density at radius 1 is 1.37 bits per heavy atom. The molecular weight excluding hydrogens is 350 g/mol. The van der Waals surface area contributed by atoms with Gasteiger partial charge in [0.05, 0.1) is 24.7 Å². The van der Waals surface area contributed by atoms with Crippen LogP contribution in [0.15, 0.2) is 30.5 Å². The first-order valence-corrected chi connectivity index (χ1v) is 8.88. The molecule has 1 aliphatic rings. The van der Waals surface area contributed by atoms with Crippen molar-refractivity contribution < 1.29 is 14.5 Å². The number of rotatable bonds is 7. The van der Waals surface area contributed by atoms with E-state index in [9.17, 15) is 14.9 Å². The van der Waals surface area contributed by atoms with E-state index in [2.05, 4.69) is 15.3 Å². The Morgan fingerprint density at radius 3 is 2.85 bits per heavy atom. The van der Waals surface area contributed by atoms with E-state index in [1.165, 1.54) is 10.9 Å². The number of nitrogens with zero attached hydrogens (tertiary/aromatic N) is 4. The fraction of sp³-hybridized carbons (Fsp3) is 0.444. The second kappa shape index (κ2) is 8.74. The van der Waals surface area contributed by atoms with Gasteiger partial charge in [0.25, 0.3) is 0 Å². The lowest BCUT2D eigenvalue weighted by Gasteiger charge is -2.26. The highest BCUT2D eigenvalue weighted by Crippen LogP contribution is 2.17. The number of ether oxygens (including phenoxy) is 1. The number of nitro groups is 1.